The van der Waals surface area contributed by atoms with Crippen molar-refractivity contribution >= 4 is 28.2 Å². The van der Waals surface area contributed by atoms with E-state index < -0.39 is 0 Å². The van der Waals surface area contributed by atoms with E-state index in [9.17, 15) is 14.9 Å². The van der Waals surface area contributed by atoms with Crippen LogP contribution in [0.4, 0.5) is 5.00 Å². The number of rotatable bonds is 7. The molecule has 168 valence electrons. The van der Waals surface area contributed by atoms with E-state index in [1.54, 1.807) is 18.2 Å². The standard InChI is InChI=1S/C25H24N4O3S/c1-32-19-7-4-5-17(13-19)8-9-23(30)28-25-21(15-26)20-10-12-29(16-22(20)33-25)24(31)14-18-6-2-3-11-27-18/h2-7,11,13H,8-10,12,14,16H2,1H3,(H,28,30). The molecule has 8 heteroatoms. The van der Waals surface area contributed by atoms with Gasteiger partial charge in [-0.1, -0.05) is 18.2 Å². The summed E-state index contributed by atoms with van der Waals surface area (Å²) in [5.41, 5.74) is 3.20. The minimum Gasteiger partial charge on any atom is -0.497 e. The van der Waals surface area contributed by atoms with Crippen molar-refractivity contribution in [2.75, 3.05) is 19.0 Å². The quantitative estimate of drug-likeness (QED) is 0.580. The lowest BCUT2D eigenvalue weighted by Crippen LogP contribution is -2.36. The van der Waals surface area contributed by atoms with Crippen molar-refractivity contribution in [1.29, 1.82) is 5.26 Å². The lowest BCUT2D eigenvalue weighted by molar-refractivity contribution is -0.131. The number of carbonyl (C=O) groups is 2. The molecule has 1 aliphatic heterocycles. The summed E-state index contributed by atoms with van der Waals surface area (Å²) in [6.45, 7) is 0.993. The summed E-state index contributed by atoms with van der Waals surface area (Å²) in [7, 11) is 1.61. The first kappa shape index (κ1) is 22.5. The van der Waals surface area contributed by atoms with Crippen molar-refractivity contribution in [2.24, 2.45) is 0 Å². The fourth-order valence-corrected chi connectivity index (χ4v) is 5.10. The molecule has 4 rings (SSSR count). The summed E-state index contributed by atoms with van der Waals surface area (Å²) in [5.74, 6) is 0.624. The average Bonchev–Trinajstić information content (AvgIpc) is 3.19. The summed E-state index contributed by atoms with van der Waals surface area (Å²) in [4.78, 5) is 32.3. The second-order valence-corrected chi connectivity index (χ2v) is 8.89. The molecule has 33 heavy (non-hydrogen) atoms. The van der Waals surface area contributed by atoms with Crippen molar-refractivity contribution in [3.8, 4) is 11.8 Å². The molecular formula is C25H24N4O3S. The van der Waals surface area contributed by atoms with Crippen LogP contribution in [0.25, 0.3) is 0 Å². The fourth-order valence-electron chi connectivity index (χ4n) is 3.87. The Balaban J connectivity index is 1.40. The van der Waals surface area contributed by atoms with Crippen molar-refractivity contribution in [2.45, 2.75) is 32.2 Å². The van der Waals surface area contributed by atoms with E-state index >= 15 is 0 Å². The second-order valence-electron chi connectivity index (χ2n) is 7.78. The molecule has 3 heterocycles. The van der Waals surface area contributed by atoms with Gasteiger partial charge in [0.1, 0.15) is 16.8 Å². The van der Waals surface area contributed by atoms with Crippen LogP contribution in [0.2, 0.25) is 0 Å². The largest absolute Gasteiger partial charge is 0.497 e. The maximum atomic E-state index is 12.7. The SMILES string of the molecule is COc1cccc(CCC(=O)Nc2sc3c(c2C#N)CCN(C(=O)Cc2ccccn2)C3)c1. The topological polar surface area (TPSA) is 95.3 Å². The highest BCUT2D eigenvalue weighted by Crippen LogP contribution is 2.37. The Morgan fingerprint density at radius 2 is 2.15 bits per heavy atom. The number of nitrogens with one attached hydrogen (secondary N) is 1. The molecule has 2 amide bonds. The molecule has 0 saturated heterocycles. The monoisotopic (exact) mass is 460 g/mol. The average molecular weight is 461 g/mol. The van der Waals surface area contributed by atoms with Gasteiger partial charge in [-0.25, -0.2) is 0 Å². The van der Waals surface area contributed by atoms with Crippen LogP contribution in [-0.4, -0.2) is 35.4 Å². The third kappa shape index (κ3) is 5.38. The number of nitriles is 1. The first-order valence-electron chi connectivity index (χ1n) is 10.7. The van der Waals surface area contributed by atoms with Crippen LogP contribution in [0.5, 0.6) is 5.75 Å². The van der Waals surface area contributed by atoms with Gasteiger partial charge < -0.3 is 15.0 Å². The lowest BCUT2D eigenvalue weighted by Gasteiger charge is -2.27. The summed E-state index contributed by atoms with van der Waals surface area (Å²) in [5, 5.41) is 13.2. The Bertz CT molecular complexity index is 1200. The van der Waals surface area contributed by atoms with E-state index in [4.69, 9.17) is 4.74 Å². The summed E-state index contributed by atoms with van der Waals surface area (Å²) >= 11 is 1.39. The Labute approximate surface area is 196 Å². The van der Waals surface area contributed by atoms with Gasteiger partial charge in [-0.05, 0) is 48.2 Å². The third-order valence-electron chi connectivity index (χ3n) is 5.61. The number of fused-ring (bicyclic) bond motifs is 1. The van der Waals surface area contributed by atoms with Gasteiger partial charge in [-0.2, -0.15) is 5.26 Å². The van der Waals surface area contributed by atoms with Crippen LogP contribution in [-0.2, 0) is 35.4 Å². The Kier molecular flexibility index (Phi) is 7.01. The highest BCUT2D eigenvalue weighted by molar-refractivity contribution is 7.16. The minimum atomic E-state index is -0.143. The summed E-state index contributed by atoms with van der Waals surface area (Å²) < 4.78 is 5.23. The van der Waals surface area contributed by atoms with Crippen molar-refractivity contribution in [3.05, 3.63) is 75.9 Å². The number of benzene rings is 1. The van der Waals surface area contributed by atoms with Gasteiger partial charge in [0.05, 0.1) is 25.6 Å². The smallest absolute Gasteiger partial charge is 0.228 e. The molecule has 1 aliphatic rings. The molecule has 0 saturated carbocycles. The summed E-state index contributed by atoms with van der Waals surface area (Å²) in [6.07, 6.45) is 3.41. The molecule has 0 fully saturated rings. The number of hydrogen-bond donors (Lipinski definition) is 1. The molecule has 0 unspecified atom stereocenters. The van der Waals surface area contributed by atoms with Gasteiger partial charge in [-0.3, -0.25) is 14.6 Å². The van der Waals surface area contributed by atoms with Gasteiger partial charge in [0, 0.05) is 29.7 Å². The number of aryl methyl sites for hydroxylation is 1. The number of thiophene rings is 1. The van der Waals surface area contributed by atoms with E-state index in [1.807, 2.05) is 42.5 Å². The molecule has 0 atom stereocenters. The molecule has 0 spiro atoms. The number of anilines is 1. The molecule has 0 radical (unpaired) electrons. The predicted molar refractivity (Wildman–Crippen MR) is 126 cm³/mol. The fraction of sp³-hybridized carbons (Fsp3) is 0.280. The minimum absolute atomic E-state index is 0.00938. The molecule has 2 aromatic heterocycles. The Morgan fingerprint density at radius 1 is 1.27 bits per heavy atom. The van der Waals surface area contributed by atoms with Gasteiger partial charge in [0.15, 0.2) is 0 Å². The normalized spacial score (nSPS) is 12.5. The zero-order chi connectivity index (χ0) is 23.2. The molecule has 7 nitrogen and oxygen atoms in total. The number of pyridine rings is 1. The maximum Gasteiger partial charge on any atom is 0.228 e. The van der Waals surface area contributed by atoms with E-state index in [0.717, 1.165) is 27.4 Å². The van der Waals surface area contributed by atoms with Gasteiger partial charge in [-0.15, -0.1) is 11.3 Å². The van der Waals surface area contributed by atoms with Crippen LogP contribution in [0.15, 0.2) is 48.7 Å². The maximum absolute atomic E-state index is 12.7. The number of nitrogens with zero attached hydrogens (tertiary/aromatic N) is 3. The zero-order valence-corrected chi connectivity index (χ0v) is 19.2. The Hall–Kier alpha value is -3.70. The van der Waals surface area contributed by atoms with Crippen LogP contribution < -0.4 is 10.1 Å². The number of ether oxygens (including phenoxy) is 1. The molecule has 1 aromatic carbocycles. The van der Waals surface area contributed by atoms with Gasteiger partial charge in [0.2, 0.25) is 11.8 Å². The molecule has 3 aromatic rings. The van der Waals surface area contributed by atoms with Crippen molar-refractivity contribution in [1.82, 2.24) is 9.88 Å². The first-order chi connectivity index (χ1) is 16.1. The van der Waals surface area contributed by atoms with E-state index in [-0.39, 0.29) is 18.2 Å². The first-order valence-corrected chi connectivity index (χ1v) is 11.5. The van der Waals surface area contributed by atoms with Crippen LogP contribution >= 0.6 is 11.3 Å². The van der Waals surface area contributed by atoms with Crippen molar-refractivity contribution in [3.63, 3.8) is 0 Å². The van der Waals surface area contributed by atoms with E-state index in [0.29, 0.717) is 42.9 Å². The summed E-state index contributed by atoms with van der Waals surface area (Å²) in [6, 6.07) is 15.4. The molecule has 1 N–H and O–H groups in total. The predicted octanol–water partition coefficient (Wildman–Crippen LogP) is 3.72. The molecule has 0 aliphatic carbocycles. The van der Waals surface area contributed by atoms with E-state index in [1.165, 1.54) is 11.3 Å². The van der Waals surface area contributed by atoms with Gasteiger partial charge in [0.25, 0.3) is 0 Å². The number of carbonyl (C=O) groups excluding carboxylic acids is 2. The van der Waals surface area contributed by atoms with Gasteiger partial charge >= 0.3 is 0 Å². The van der Waals surface area contributed by atoms with Crippen LogP contribution in [0.3, 0.4) is 0 Å². The number of hydrogen-bond acceptors (Lipinski definition) is 6. The molecule has 0 bridgehead atoms. The number of aromatic nitrogens is 1. The number of amides is 2. The highest BCUT2D eigenvalue weighted by atomic mass is 32.1. The Morgan fingerprint density at radius 3 is 2.91 bits per heavy atom. The molecular weight excluding hydrogens is 436 g/mol. The van der Waals surface area contributed by atoms with E-state index in [2.05, 4.69) is 16.4 Å². The third-order valence-corrected chi connectivity index (χ3v) is 6.74. The zero-order valence-electron chi connectivity index (χ0n) is 18.3. The number of methoxy groups -OCH3 is 1. The van der Waals surface area contributed by atoms with Crippen LogP contribution in [0.1, 0.15) is 33.7 Å². The van der Waals surface area contributed by atoms with Crippen molar-refractivity contribution < 1.29 is 14.3 Å². The highest BCUT2D eigenvalue weighted by Gasteiger charge is 2.27. The van der Waals surface area contributed by atoms with Crippen LogP contribution in [0, 0.1) is 11.3 Å². The second kappa shape index (κ2) is 10.3. The lowest BCUT2D eigenvalue weighted by atomic mass is 10.0.